The van der Waals surface area contributed by atoms with Crippen LogP contribution in [0, 0.1) is 0 Å². The lowest BCUT2D eigenvalue weighted by molar-refractivity contribution is 0.495. The first kappa shape index (κ1) is 21.5. The maximum Gasteiger partial charge on any atom is 0.168 e. The SMILES string of the molecule is CC(C)NC(=S)N(C)CC/C(=C\Cc1ccccc1)c1cc(Br)ccc1N. The van der Waals surface area contributed by atoms with Crippen molar-refractivity contribution in [3.63, 3.8) is 0 Å². The second-order valence-electron chi connectivity index (χ2n) is 6.93. The Hall–Kier alpha value is -1.85. The Labute approximate surface area is 176 Å². The molecule has 5 heteroatoms. The van der Waals surface area contributed by atoms with Gasteiger partial charge in [0.2, 0.25) is 0 Å². The number of rotatable bonds is 7. The highest BCUT2D eigenvalue weighted by Gasteiger charge is 2.11. The summed E-state index contributed by atoms with van der Waals surface area (Å²) < 4.78 is 1.03. The third-order valence-electron chi connectivity index (χ3n) is 4.26. The zero-order chi connectivity index (χ0) is 19.8. The fourth-order valence-corrected chi connectivity index (χ4v) is 3.44. The van der Waals surface area contributed by atoms with Gasteiger partial charge in [0.25, 0.3) is 0 Å². The molecule has 0 aromatic heterocycles. The van der Waals surface area contributed by atoms with Crippen molar-refractivity contribution in [3.8, 4) is 0 Å². The van der Waals surface area contributed by atoms with E-state index in [9.17, 15) is 0 Å². The molecule has 27 heavy (non-hydrogen) atoms. The van der Waals surface area contributed by atoms with Crippen molar-refractivity contribution in [2.45, 2.75) is 32.7 Å². The van der Waals surface area contributed by atoms with Crippen LogP contribution >= 0.6 is 28.1 Å². The molecule has 0 saturated carbocycles. The van der Waals surface area contributed by atoms with Crippen molar-refractivity contribution in [1.82, 2.24) is 10.2 Å². The lowest BCUT2D eigenvalue weighted by Gasteiger charge is -2.23. The first-order valence-corrected chi connectivity index (χ1v) is 10.4. The molecule has 0 spiro atoms. The van der Waals surface area contributed by atoms with Crippen LogP contribution in [0.2, 0.25) is 0 Å². The van der Waals surface area contributed by atoms with Crippen LogP contribution in [-0.4, -0.2) is 29.6 Å². The lowest BCUT2D eigenvalue weighted by Crippen LogP contribution is -2.40. The monoisotopic (exact) mass is 445 g/mol. The highest BCUT2D eigenvalue weighted by molar-refractivity contribution is 9.10. The van der Waals surface area contributed by atoms with E-state index in [1.54, 1.807) is 0 Å². The van der Waals surface area contributed by atoms with Gasteiger partial charge in [0.05, 0.1) is 0 Å². The zero-order valence-electron chi connectivity index (χ0n) is 16.2. The van der Waals surface area contributed by atoms with Crippen LogP contribution in [0.1, 0.15) is 31.4 Å². The molecule has 0 aliphatic heterocycles. The van der Waals surface area contributed by atoms with Crippen LogP contribution in [0.4, 0.5) is 5.69 Å². The molecular weight excluding hydrogens is 418 g/mol. The molecule has 3 N–H and O–H groups in total. The summed E-state index contributed by atoms with van der Waals surface area (Å²) in [5, 5.41) is 4.06. The molecular formula is C22H28BrN3S. The molecule has 0 amide bonds. The molecule has 0 heterocycles. The molecule has 0 atom stereocenters. The fourth-order valence-electron chi connectivity index (χ4n) is 2.76. The van der Waals surface area contributed by atoms with Crippen LogP contribution in [0.15, 0.2) is 59.1 Å². The molecule has 144 valence electrons. The number of anilines is 1. The molecule has 0 saturated heterocycles. The number of nitrogens with one attached hydrogen (secondary N) is 1. The van der Waals surface area contributed by atoms with Gasteiger partial charge in [-0.25, -0.2) is 0 Å². The summed E-state index contributed by atoms with van der Waals surface area (Å²) >= 11 is 9.04. The van der Waals surface area contributed by atoms with Gasteiger partial charge in [-0.15, -0.1) is 0 Å². The maximum absolute atomic E-state index is 6.28. The van der Waals surface area contributed by atoms with Gasteiger partial charge in [-0.2, -0.15) is 0 Å². The average Bonchev–Trinajstić information content (AvgIpc) is 2.64. The van der Waals surface area contributed by atoms with Crippen LogP contribution < -0.4 is 11.1 Å². The van der Waals surface area contributed by atoms with E-state index in [0.29, 0.717) is 6.04 Å². The molecule has 0 radical (unpaired) electrons. The van der Waals surface area contributed by atoms with E-state index in [-0.39, 0.29) is 0 Å². The van der Waals surface area contributed by atoms with E-state index < -0.39 is 0 Å². The Balaban J connectivity index is 2.19. The number of halogens is 1. The molecule has 0 unspecified atom stereocenters. The van der Waals surface area contributed by atoms with E-state index in [2.05, 4.69) is 76.4 Å². The Morgan fingerprint density at radius 3 is 2.59 bits per heavy atom. The highest BCUT2D eigenvalue weighted by Crippen LogP contribution is 2.28. The topological polar surface area (TPSA) is 41.3 Å². The van der Waals surface area contributed by atoms with Crippen LogP contribution in [0.5, 0.6) is 0 Å². The van der Waals surface area contributed by atoms with Crippen LogP contribution in [0.3, 0.4) is 0 Å². The number of hydrogen-bond acceptors (Lipinski definition) is 2. The number of benzene rings is 2. The summed E-state index contributed by atoms with van der Waals surface area (Å²) in [6.07, 6.45) is 4.02. The number of nitrogens with two attached hydrogens (primary N) is 1. The molecule has 0 fully saturated rings. The third-order valence-corrected chi connectivity index (χ3v) is 5.19. The summed E-state index contributed by atoms with van der Waals surface area (Å²) in [5.41, 5.74) is 10.7. The highest BCUT2D eigenvalue weighted by atomic mass is 79.9. The number of nitrogen functional groups attached to an aromatic ring is 1. The summed E-state index contributed by atoms with van der Waals surface area (Å²) in [6, 6.07) is 16.8. The van der Waals surface area contributed by atoms with Gasteiger partial charge in [-0.1, -0.05) is 52.3 Å². The number of thiocarbonyl (C=S) groups is 1. The minimum Gasteiger partial charge on any atom is -0.398 e. The van der Waals surface area contributed by atoms with Crippen molar-refractivity contribution in [2.24, 2.45) is 0 Å². The predicted octanol–water partition coefficient (Wildman–Crippen LogP) is 5.26. The molecule has 2 aromatic rings. The second kappa shape index (κ2) is 10.5. The maximum atomic E-state index is 6.28. The Morgan fingerprint density at radius 2 is 1.93 bits per heavy atom. The predicted molar refractivity (Wildman–Crippen MR) is 125 cm³/mol. The fraction of sp³-hybridized carbons (Fsp3) is 0.318. The number of nitrogens with zero attached hydrogens (tertiary/aromatic N) is 1. The molecule has 0 aliphatic carbocycles. The van der Waals surface area contributed by atoms with Crippen molar-refractivity contribution in [3.05, 3.63) is 70.2 Å². The minimum atomic E-state index is 0.328. The van der Waals surface area contributed by atoms with Crippen LogP contribution in [0.25, 0.3) is 5.57 Å². The smallest absolute Gasteiger partial charge is 0.168 e. The molecule has 2 aromatic carbocycles. The molecule has 0 bridgehead atoms. The summed E-state index contributed by atoms with van der Waals surface area (Å²) in [6.45, 7) is 5.01. The van der Waals surface area contributed by atoms with Gasteiger partial charge in [0.15, 0.2) is 5.11 Å². The minimum absolute atomic E-state index is 0.328. The first-order valence-electron chi connectivity index (χ1n) is 9.16. The quantitative estimate of drug-likeness (QED) is 0.450. The third kappa shape index (κ3) is 7.00. The van der Waals surface area contributed by atoms with Gasteiger partial charge in [-0.3, -0.25) is 0 Å². The Kier molecular flexibility index (Phi) is 8.32. The number of allylic oxidation sites excluding steroid dienone is 1. The van der Waals surface area contributed by atoms with Crippen molar-refractivity contribution >= 4 is 44.5 Å². The zero-order valence-corrected chi connectivity index (χ0v) is 18.6. The summed E-state index contributed by atoms with van der Waals surface area (Å²) in [5.74, 6) is 0. The van der Waals surface area contributed by atoms with Gasteiger partial charge >= 0.3 is 0 Å². The molecule has 3 nitrogen and oxygen atoms in total. The Morgan fingerprint density at radius 1 is 1.22 bits per heavy atom. The van der Waals surface area contributed by atoms with Gasteiger partial charge in [0, 0.05) is 35.4 Å². The van der Waals surface area contributed by atoms with Crippen molar-refractivity contribution in [1.29, 1.82) is 0 Å². The van der Waals surface area contributed by atoms with E-state index >= 15 is 0 Å². The second-order valence-corrected chi connectivity index (χ2v) is 8.23. The summed E-state index contributed by atoms with van der Waals surface area (Å²) in [7, 11) is 2.02. The van der Waals surface area contributed by atoms with E-state index in [0.717, 1.165) is 40.2 Å². The van der Waals surface area contributed by atoms with E-state index in [4.69, 9.17) is 18.0 Å². The Bertz CT molecular complexity index is 787. The van der Waals surface area contributed by atoms with E-state index in [1.165, 1.54) is 11.1 Å². The lowest BCUT2D eigenvalue weighted by atomic mass is 9.98. The van der Waals surface area contributed by atoms with Crippen molar-refractivity contribution < 1.29 is 0 Å². The van der Waals surface area contributed by atoms with Crippen molar-refractivity contribution in [2.75, 3.05) is 19.3 Å². The van der Waals surface area contributed by atoms with E-state index in [1.807, 2.05) is 25.2 Å². The number of hydrogen-bond donors (Lipinski definition) is 2. The average molecular weight is 446 g/mol. The molecule has 2 rings (SSSR count). The largest absolute Gasteiger partial charge is 0.398 e. The summed E-state index contributed by atoms with van der Waals surface area (Å²) in [4.78, 5) is 2.08. The van der Waals surface area contributed by atoms with Gasteiger partial charge < -0.3 is 16.0 Å². The first-order chi connectivity index (χ1) is 12.9. The van der Waals surface area contributed by atoms with Gasteiger partial charge in [-0.05, 0) is 68.2 Å². The van der Waals surface area contributed by atoms with Crippen LogP contribution in [-0.2, 0) is 6.42 Å². The van der Waals surface area contributed by atoms with Gasteiger partial charge in [0.1, 0.15) is 0 Å². The molecule has 0 aliphatic rings. The normalized spacial score (nSPS) is 11.5. The standard InChI is InChI=1S/C22H28BrN3S/c1-16(2)25-22(27)26(3)14-13-18(10-9-17-7-5-4-6-8-17)20-15-19(23)11-12-21(20)24/h4-8,10-12,15-16H,9,13-14,24H2,1-3H3,(H,25,27)/b18-10+.